The van der Waals surface area contributed by atoms with E-state index in [4.69, 9.17) is 11.6 Å². The van der Waals surface area contributed by atoms with Gasteiger partial charge < -0.3 is 9.47 Å². The van der Waals surface area contributed by atoms with Gasteiger partial charge in [-0.2, -0.15) is 0 Å². The summed E-state index contributed by atoms with van der Waals surface area (Å²) in [5.41, 5.74) is 5.36. The minimum Gasteiger partial charge on any atom is -0.378 e. The molecule has 0 bridgehead atoms. The molecule has 0 atom stereocenters. The van der Waals surface area contributed by atoms with E-state index >= 15 is 0 Å². The van der Waals surface area contributed by atoms with Crippen molar-refractivity contribution in [2.45, 2.75) is 20.8 Å². The number of carbonyl (C=O) groups is 3. The van der Waals surface area contributed by atoms with Gasteiger partial charge in [0.1, 0.15) is 5.57 Å². The monoisotopic (exact) mass is 476 g/mol. The fourth-order valence-electron chi connectivity index (χ4n) is 4.10. The molecule has 4 rings (SSSR count). The number of halogens is 1. The van der Waals surface area contributed by atoms with E-state index in [1.165, 1.54) is 6.08 Å². The summed E-state index contributed by atoms with van der Waals surface area (Å²) in [4.78, 5) is 41.5. The van der Waals surface area contributed by atoms with Gasteiger partial charge in [-0.15, -0.1) is 0 Å². The van der Waals surface area contributed by atoms with Gasteiger partial charge in [0.05, 0.1) is 5.69 Å². The molecule has 1 fully saturated rings. The van der Waals surface area contributed by atoms with Crippen LogP contribution in [0.5, 0.6) is 0 Å². The van der Waals surface area contributed by atoms with Gasteiger partial charge in [-0.1, -0.05) is 17.7 Å². The highest BCUT2D eigenvalue weighted by atomic mass is 35.5. The van der Waals surface area contributed by atoms with E-state index in [2.05, 4.69) is 9.88 Å². The molecule has 1 aliphatic rings. The number of imide groups is 2. The van der Waals surface area contributed by atoms with E-state index in [9.17, 15) is 14.4 Å². The highest BCUT2D eigenvalue weighted by Crippen LogP contribution is 2.30. The minimum atomic E-state index is -0.802. The number of hydrogen-bond donors (Lipinski definition) is 1. The summed E-state index contributed by atoms with van der Waals surface area (Å²) in [6, 6.07) is 14.2. The Balaban J connectivity index is 1.75. The number of anilines is 2. The molecular formula is C26H25ClN4O3. The lowest BCUT2D eigenvalue weighted by molar-refractivity contribution is -0.122. The Morgan fingerprint density at radius 2 is 1.65 bits per heavy atom. The van der Waals surface area contributed by atoms with Crippen molar-refractivity contribution < 1.29 is 14.4 Å². The third-order valence-electron chi connectivity index (χ3n) is 5.98. The summed E-state index contributed by atoms with van der Waals surface area (Å²) in [5.74, 6) is -1.43. The van der Waals surface area contributed by atoms with Crippen molar-refractivity contribution in [3.05, 3.63) is 81.6 Å². The summed E-state index contributed by atoms with van der Waals surface area (Å²) >= 11 is 6.19. The molecule has 0 unspecified atom stereocenters. The van der Waals surface area contributed by atoms with Crippen LogP contribution in [-0.2, 0) is 9.59 Å². The summed E-state index contributed by atoms with van der Waals surface area (Å²) in [5, 5.41) is 2.69. The standard InChI is InChI=1S/C26H25ClN4O3/c1-15-13-18(17(3)30(15)20-11-9-19(10-12-20)29(4)5)14-21-24(32)28-26(34)31(25(21)33)23-8-6-7-22(27)16(23)2/h6-14H,1-5H3,(H,28,32,34)/b21-14+. The van der Waals surface area contributed by atoms with Crippen molar-refractivity contribution in [2.24, 2.45) is 0 Å². The number of barbiturate groups is 1. The predicted octanol–water partition coefficient (Wildman–Crippen LogP) is 4.79. The maximum absolute atomic E-state index is 13.3. The second-order valence-corrected chi connectivity index (χ2v) is 8.82. The van der Waals surface area contributed by atoms with Gasteiger partial charge in [-0.05, 0) is 80.4 Å². The predicted molar refractivity (Wildman–Crippen MR) is 135 cm³/mol. The molecule has 3 aromatic rings. The van der Waals surface area contributed by atoms with Crippen molar-refractivity contribution in [2.75, 3.05) is 23.9 Å². The largest absolute Gasteiger partial charge is 0.378 e. The van der Waals surface area contributed by atoms with Gasteiger partial charge in [0.2, 0.25) is 0 Å². The number of hydrogen-bond acceptors (Lipinski definition) is 4. The van der Waals surface area contributed by atoms with Crippen molar-refractivity contribution >= 4 is 46.9 Å². The maximum Gasteiger partial charge on any atom is 0.335 e. The maximum atomic E-state index is 13.3. The average molecular weight is 477 g/mol. The summed E-state index contributed by atoms with van der Waals surface area (Å²) in [6.45, 7) is 5.60. The van der Waals surface area contributed by atoms with Crippen molar-refractivity contribution in [3.8, 4) is 5.69 Å². The number of amides is 4. The minimum absolute atomic E-state index is 0.123. The van der Waals surface area contributed by atoms with E-state index in [1.807, 2.05) is 63.2 Å². The molecule has 0 aliphatic carbocycles. The first-order chi connectivity index (χ1) is 16.1. The topological polar surface area (TPSA) is 74.7 Å². The van der Waals surface area contributed by atoms with E-state index in [-0.39, 0.29) is 5.57 Å². The molecule has 1 aromatic heterocycles. The van der Waals surface area contributed by atoms with Crippen molar-refractivity contribution in [1.29, 1.82) is 0 Å². The van der Waals surface area contributed by atoms with Gasteiger partial charge >= 0.3 is 6.03 Å². The van der Waals surface area contributed by atoms with Crippen LogP contribution in [0.3, 0.4) is 0 Å². The molecule has 174 valence electrons. The zero-order valence-corrected chi connectivity index (χ0v) is 20.4. The molecule has 2 heterocycles. The summed E-state index contributed by atoms with van der Waals surface area (Å²) < 4.78 is 2.06. The Kier molecular flexibility index (Phi) is 6.06. The lowest BCUT2D eigenvalue weighted by Gasteiger charge is -2.27. The third-order valence-corrected chi connectivity index (χ3v) is 6.39. The quantitative estimate of drug-likeness (QED) is 0.434. The number of aryl methyl sites for hydroxylation is 1. The molecule has 2 aromatic carbocycles. The van der Waals surface area contributed by atoms with Gasteiger partial charge in [-0.3, -0.25) is 14.9 Å². The van der Waals surface area contributed by atoms with Gasteiger partial charge in [0.25, 0.3) is 11.8 Å². The number of nitrogens with zero attached hydrogens (tertiary/aromatic N) is 3. The lowest BCUT2D eigenvalue weighted by atomic mass is 10.1. The SMILES string of the molecule is Cc1c(Cl)cccc1N1C(=O)NC(=O)/C(=C\c2cc(C)n(-c3ccc(N(C)C)cc3)c2C)C1=O. The first kappa shape index (κ1) is 23.3. The van der Waals surface area contributed by atoms with Crippen LogP contribution in [0.2, 0.25) is 5.02 Å². The molecule has 34 heavy (non-hydrogen) atoms. The number of carbonyl (C=O) groups excluding carboxylic acids is 3. The Hall–Kier alpha value is -3.84. The Morgan fingerprint density at radius 3 is 2.29 bits per heavy atom. The van der Waals surface area contributed by atoms with Crippen molar-refractivity contribution in [3.63, 3.8) is 0 Å². The van der Waals surface area contributed by atoms with Gasteiger partial charge in [0, 0.05) is 41.9 Å². The first-order valence-electron chi connectivity index (χ1n) is 10.7. The van der Waals surface area contributed by atoms with E-state index in [0.29, 0.717) is 21.8 Å². The van der Waals surface area contributed by atoms with Crippen molar-refractivity contribution in [1.82, 2.24) is 9.88 Å². The first-order valence-corrected chi connectivity index (χ1v) is 11.1. The summed E-state index contributed by atoms with van der Waals surface area (Å²) in [6.07, 6.45) is 1.53. The smallest absolute Gasteiger partial charge is 0.335 e. The lowest BCUT2D eigenvalue weighted by Crippen LogP contribution is -2.54. The van der Waals surface area contributed by atoms with Crippen LogP contribution in [-0.4, -0.2) is 36.5 Å². The fraction of sp³-hybridized carbons (Fsp3) is 0.192. The fourth-order valence-corrected chi connectivity index (χ4v) is 4.27. The van der Waals surface area contributed by atoms with E-state index in [0.717, 1.165) is 27.7 Å². The van der Waals surface area contributed by atoms with Crippen LogP contribution >= 0.6 is 11.6 Å². The number of nitrogens with one attached hydrogen (secondary N) is 1. The number of aromatic nitrogens is 1. The van der Waals surface area contributed by atoms with Crippen LogP contribution < -0.4 is 15.1 Å². The molecule has 1 aliphatic heterocycles. The van der Waals surface area contributed by atoms with Crippen LogP contribution in [0.25, 0.3) is 11.8 Å². The Labute approximate surface area is 203 Å². The molecule has 0 saturated carbocycles. The number of rotatable bonds is 4. The second-order valence-electron chi connectivity index (χ2n) is 8.41. The second kappa shape index (κ2) is 8.83. The van der Waals surface area contributed by atoms with E-state index in [1.54, 1.807) is 25.1 Å². The molecule has 0 radical (unpaired) electrons. The van der Waals surface area contributed by atoms with Crippen LogP contribution in [0, 0.1) is 20.8 Å². The average Bonchev–Trinajstić information content (AvgIpc) is 3.06. The molecule has 1 N–H and O–H groups in total. The summed E-state index contributed by atoms with van der Waals surface area (Å²) in [7, 11) is 3.97. The zero-order chi connectivity index (χ0) is 24.7. The molecular weight excluding hydrogens is 452 g/mol. The zero-order valence-electron chi connectivity index (χ0n) is 19.6. The molecule has 0 spiro atoms. The van der Waals surface area contributed by atoms with Crippen LogP contribution in [0.4, 0.5) is 16.2 Å². The highest BCUT2D eigenvalue weighted by Gasteiger charge is 2.37. The van der Waals surface area contributed by atoms with Gasteiger partial charge in [0.15, 0.2) is 0 Å². The number of urea groups is 1. The molecule has 1 saturated heterocycles. The van der Waals surface area contributed by atoms with Crippen LogP contribution in [0.15, 0.2) is 54.1 Å². The van der Waals surface area contributed by atoms with Crippen LogP contribution in [0.1, 0.15) is 22.5 Å². The van der Waals surface area contributed by atoms with Gasteiger partial charge in [-0.25, -0.2) is 9.69 Å². The molecule has 8 heteroatoms. The van der Waals surface area contributed by atoms with E-state index < -0.39 is 17.8 Å². The third kappa shape index (κ3) is 3.99. The normalized spacial score (nSPS) is 15.2. The molecule has 7 nitrogen and oxygen atoms in total. The highest BCUT2D eigenvalue weighted by molar-refractivity contribution is 6.40. The number of benzene rings is 2. The Morgan fingerprint density at radius 1 is 0.971 bits per heavy atom. The Bertz CT molecular complexity index is 1350. The molecule has 4 amide bonds.